The highest BCUT2D eigenvalue weighted by Crippen LogP contribution is 2.22. The third-order valence-corrected chi connectivity index (χ3v) is 3.58. The molecule has 0 aliphatic heterocycles. The summed E-state index contributed by atoms with van der Waals surface area (Å²) in [6.45, 7) is 4.81. The lowest BCUT2D eigenvalue weighted by atomic mass is 9.84. The van der Waals surface area contributed by atoms with E-state index in [0.29, 0.717) is 17.9 Å². The Morgan fingerprint density at radius 1 is 1.10 bits per heavy atom. The second kappa shape index (κ2) is 6.44. The number of ether oxygens (including phenoxy) is 1. The predicted octanol–water partition coefficient (Wildman–Crippen LogP) is 3.40. The van der Waals surface area contributed by atoms with Gasteiger partial charge in [0.25, 0.3) is 5.91 Å². The van der Waals surface area contributed by atoms with Gasteiger partial charge in [-0.2, -0.15) is 0 Å². The van der Waals surface area contributed by atoms with Crippen LogP contribution in [-0.2, 0) is 5.41 Å². The molecule has 0 bridgehead atoms. The van der Waals surface area contributed by atoms with E-state index in [-0.39, 0.29) is 11.3 Å². The molecule has 3 heteroatoms. The highest BCUT2D eigenvalue weighted by atomic mass is 16.5. The first kappa shape index (κ1) is 15.1. The Bertz CT molecular complexity index is 606. The standard InChI is InChI=1S/C18H21NO2/c1-18(2,15-9-5-4-6-10-15)13-19-17(20)14-8-7-11-16(12-14)21-3/h4-12H,13H2,1-3H3,(H,19,20). The minimum Gasteiger partial charge on any atom is -0.497 e. The highest BCUT2D eigenvalue weighted by molar-refractivity contribution is 5.94. The predicted molar refractivity (Wildman–Crippen MR) is 84.8 cm³/mol. The molecule has 2 rings (SSSR count). The van der Waals surface area contributed by atoms with Crippen LogP contribution >= 0.6 is 0 Å². The Morgan fingerprint density at radius 2 is 1.81 bits per heavy atom. The van der Waals surface area contributed by atoms with Crippen molar-refractivity contribution in [2.75, 3.05) is 13.7 Å². The van der Waals surface area contributed by atoms with E-state index in [1.54, 1.807) is 19.2 Å². The molecule has 0 unspecified atom stereocenters. The van der Waals surface area contributed by atoms with Gasteiger partial charge in [0, 0.05) is 17.5 Å². The number of nitrogens with one attached hydrogen (secondary N) is 1. The normalized spacial score (nSPS) is 11.0. The van der Waals surface area contributed by atoms with Crippen molar-refractivity contribution >= 4 is 5.91 Å². The Hall–Kier alpha value is -2.29. The Balaban J connectivity index is 2.03. The van der Waals surface area contributed by atoms with Crippen molar-refractivity contribution in [3.05, 3.63) is 65.7 Å². The van der Waals surface area contributed by atoms with Crippen LogP contribution in [0.5, 0.6) is 5.75 Å². The molecule has 0 saturated heterocycles. The maximum atomic E-state index is 12.2. The third kappa shape index (κ3) is 3.85. The first-order valence-corrected chi connectivity index (χ1v) is 7.01. The van der Waals surface area contributed by atoms with E-state index >= 15 is 0 Å². The molecule has 3 nitrogen and oxygen atoms in total. The van der Waals surface area contributed by atoms with E-state index in [0.717, 1.165) is 0 Å². The number of benzene rings is 2. The molecule has 0 aliphatic carbocycles. The van der Waals surface area contributed by atoms with Crippen molar-refractivity contribution in [2.24, 2.45) is 0 Å². The second-order valence-corrected chi connectivity index (χ2v) is 5.66. The molecule has 0 saturated carbocycles. The van der Waals surface area contributed by atoms with E-state index in [2.05, 4.69) is 31.3 Å². The van der Waals surface area contributed by atoms with Crippen LogP contribution in [0.15, 0.2) is 54.6 Å². The van der Waals surface area contributed by atoms with Crippen molar-refractivity contribution < 1.29 is 9.53 Å². The molecule has 0 fully saturated rings. The molecule has 0 heterocycles. The molecule has 1 amide bonds. The van der Waals surface area contributed by atoms with Crippen LogP contribution in [0.3, 0.4) is 0 Å². The maximum absolute atomic E-state index is 12.2. The molecule has 0 spiro atoms. The van der Waals surface area contributed by atoms with E-state index in [1.165, 1.54) is 5.56 Å². The van der Waals surface area contributed by atoms with Gasteiger partial charge in [0.2, 0.25) is 0 Å². The topological polar surface area (TPSA) is 38.3 Å². The number of hydrogen-bond donors (Lipinski definition) is 1. The summed E-state index contributed by atoms with van der Waals surface area (Å²) in [6, 6.07) is 17.4. The van der Waals surface area contributed by atoms with E-state index in [4.69, 9.17) is 4.74 Å². The number of carbonyl (C=O) groups is 1. The van der Waals surface area contributed by atoms with Gasteiger partial charge in [-0.15, -0.1) is 0 Å². The number of hydrogen-bond acceptors (Lipinski definition) is 2. The molecule has 21 heavy (non-hydrogen) atoms. The Morgan fingerprint density at radius 3 is 2.48 bits per heavy atom. The molecule has 0 aliphatic rings. The van der Waals surface area contributed by atoms with Gasteiger partial charge in [0.1, 0.15) is 5.75 Å². The van der Waals surface area contributed by atoms with Gasteiger partial charge in [-0.05, 0) is 23.8 Å². The van der Waals surface area contributed by atoms with Crippen LogP contribution in [-0.4, -0.2) is 19.6 Å². The summed E-state index contributed by atoms with van der Waals surface area (Å²) < 4.78 is 5.14. The zero-order valence-corrected chi connectivity index (χ0v) is 12.7. The van der Waals surface area contributed by atoms with E-state index in [9.17, 15) is 4.79 Å². The minimum atomic E-state index is -0.115. The van der Waals surface area contributed by atoms with Gasteiger partial charge < -0.3 is 10.1 Å². The van der Waals surface area contributed by atoms with Crippen LogP contribution < -0.4 is 10.1 Å². The van der Waals surface area contributed by atoms with E-state index < -0.39 is 0 Å². The summed E-state index contributed by atoms with van der Waals surface area (Å²) in [5.41, 5.74) is 1.70. The van der Waals surface area contributed by atoms with E-state index in [1.807, 2.05) is 30.3 Å². The van der Waals surface area contributed by atoms with Crippen LogP contribution in [0, 0.1) is 0 Å². The van der Waals surface area contributed by atoms with Crippen LogP contribution in [0.4, 0.5) is 0 Å². The first-order chi connectivity index (χ1) is 10.0. The number of carbonyl (C=O) groups excluding carboxylic acids is 1. The number of rotatable bonds is 5. The van der Waals surface area contributed by atoms with Crippen molar-refractivity contribution in [3.8, 4) is 5.75 Å². The van der Waals surface area contributed by atoms with Gasteiger partial charge in [-0.25, -0.2) is 0 Å². The molecular formula is C18H21NO2. The molecule has 1 N–H and O–H groups in total. The van der Waals surface area contributed by atoms with Crippen molar-refractivity contribution in [1.82, 2.24) is 5.32 Å². The molecule has 0 aromatic heterocycles. The Labute approximate surface area is 126 Å². The highest BCUT2D eigenvalue weighted by Gasteiger charge is 2.21. The monoisotopic (exact) mass is 283 g/mol. The summed E-state index contributed by atoms with van der Waals surface area (Å²) in [5.74, 6) is 0.600. The molecule has 2 aromatic carbocycles. The SMILES string of the molecule is COc1cccc(C(=O)NCC(C)(C)c2ccccc2)c1. The van der Waals surface area contributed by atoms with Crippen molar-refractivity contribution in [2.45, 2.75) is 19.3 Å². The molecule has 0 radical (unpaired) electrons. The second-order valence-electron chi connectivity index (χ2n) is 5.66. The average molecular weight is 283 g/mol. The zero-order chi connectivity index (χ0) is 15.3. The summed E-state index contributed by atoms with van der Waals surface area (Å²) in [6.07, 6.45) is 0. The summed E-state index contributed by atoms with van der Waals surface area (Å²) in [5, 5.41) is 2.99. The quantitative estimate of drug-likeness (QED) is 0.913. The fourth-order valence-corrected chi connectivity index (χ4v) is 2.16. The van der Waals surface area contributed by atoms with Crippen molar-refractivity contribution in [1.29, 1.82) is 0 Å². The average Bonchev–Trinajstić information content (AvgIpc) is 2.53. The fraction of sp³-hybridized carbons (Fsp3) is 0.278. The maximum Gasteiger partial charge on any atom is 0.251 e. The van der Waals surface area contributed by atoms with Crippen LogP contribution in [0.1, 0.15) is 29.8 Å². The lowest BCUT2D eigenvalue weighted by molar-refractivity contribution is 0.0945. The number of amides is 1. The van der Waals surface area contributed by atoms with Gasteiger partial charge >= 0.3 is 0 Å². The third-order valence-electron chi connectivity index (χ3n) is 3.58. The van der Waals surface area contributed by atoms with Gasteiger partial charge in [0.15, 0.2) is 0 Å². The zero-order valence-electron chi connectivity index (χ0n) is 12.7. The van der Waals surface area contributed by atoms with Gasteiger partial charge in [0.05, 0.1) is 7.11 Å². The summed E-state index contributed by atoms with van der Waals surface area (Å²) in [7, 11) is 1.59. The van der Waals surface area contributed by atoms with Gasteiger partial charge in [-0.1, -0.05) is 50.2 Å². The smallest absolute Gasteiger partial charge is 0.251 e. The van der Waals surface area contributed by atoms with Gasteiger partial charge in [-0.3, -0.25) is 4.79 Å². The van der Waals surface area contributed by atoms with Crippen LogP contribution in [0.25, 0.3) is 0 Å². The molecule has 0 atom stereocenters. The lowest BCUT2D eigenvalue weighted by Crippen LogP contribution is -2.36. The summed E-state index contributed by atoms with van der Waals surface area (Å²) >= 11 is 0. The fourth-order valence-electron chi connectivity index (χ4n) is 2.16. The first-order valence-electron chi connectivity index (χ1n) is 7.01. The summed E-state index contributed by atoms with van der Waals surface area (Å²) in [4.78, 5) is 12.2. The molecular weight excluding hydrogens is 262 g/mol. The van der Waals surface area contributed by atoms with Crippen LogP contribution in [0.2, 0.25) is 0 Å². The Kier molecular flexibility index (Phi) is 4.63. The van der Waals surface area contributed by atoms with Crippen molar-refractivity contribution in [3.63, 3.8) is 0 Å². The minimum absolute atomic E-state index is 0.0853. The molecule has 110 valence electrons. The number of methoxy groups -OCH3 is 1. The largest absolute Gasteiger partial charge is 0.497 e. The molecule has 2 aromatic rings. The lowest BCUT2D eigenvalue weighted by Gasteiger charge is -2.25.